The average Bonchev–Trinajstić information content (AvgIpc) is 2.79. The summed E-state index contributed by atoms with van der Waals surface area (Å²) in [5.74, 6) is -0.0888. The summed E-state index contributed by atoms with van der Waals surface area (Å²) in [6.45, 7) is 0.601. The zero-order chi connectivity index (χ0) is 12.1. The molecule has 6 heteroatoms. The number of benzene rings is 1. The third kappa shape index (κ3) is 1.73. The SMILES string of the molecule is OC1(c2ccc3c(c2)OC(F)(F)O3)CCOC1. The Balaban J connectivity index is 1.95. The van der Waals surface area contributed by atoms with E-state index in [-0.39, 0.29) is 18.1 Å². The lowest BCUT2D eigenvalue weighted by atomic mass is 9.93. The summed E-state index contributed by atoms with van der Waals surface area (Å²) in [5.41, 5.74) is -0.633. The van der Waals surface area contributed by atoms with Crippen molar-refractivity contribution in [3.05, 3.63) is 23.8 Å². The van der Waals surface area contributed by atoms with E-state index in [4.69, 9.17) is 4.74 Å². The Morgan fingerprint density at radius 2 is 1.94 bits per heavy atom. The minimum Gasteiger partial charge on any atom is -0.395 e. The fourth-order valence-corrected chi connectivity index (χ4v) is 2.02. The zero-order valence-electron chi connectivity index (χ0n) is 8.78. The van der Waals surface area contributed by atoms with E-state index in [0.29, 0.717) is 18.6 Å². The van der Waals surface area contributed by atoms with Crippen LogP contribution >= 0.6 is 0 Å². The molecule has 2 aliphatic heterocycles. The van der Waals surface area contributed by atoms with E-state index in [2.05, 4.69) is 9.47 Å². The molecule has 1 unspecified atom stereocenters. The van der Waals surface area contributed by atoms with Gasteiger partial charge in [0.1, 0.15) is 5.60 Å². The van der Waals surface area contributed by atoms with Gasteiger partial charge in [-0.2, -0.15) is 0 Å². The summed E-state index contributed by atoms with van der Waals surface area (Å²) in [4.78, 5) is 0. The molecule has 1 saturated heterocycles. The van der Waals surface area contributed by atoms with E-state index in [1.807, 2.05) is 0 Å². The molecule has 4 nitrogen and oxygen atoms in total. The molecule has 1 atom stereocenters. The van der Waals surface area contributed by atoms with Gasteiger partial charge in [0.05, 0.1) is 6.61 Å². The highest BCUT2D eigenvalue weighted by atomic mass is 19.3. The summed E-state index contributed by atoms with van der Waals surface area (Å²) in [6.07, 6.45) is -3.20. The fourth-order valence-electron chi connectivity index (χ4n) is 2.02. The molecule has 0 spiro atoms. The molecule has 1 fully saturated rings. The van der Waals surface area contributed by atoms with E-state index in [1.54, 1.807) is 0 Å². The van der Waals surface area contributed by atoms with Crippen molar-refractivity contribution in [1.29, 1.82) is 0 Å². The average molecular weight is 244 g/mol. The first-order valence-electron chi connectivity index (χ1n) is 5.19. The highest BCUT2D eigenvalue weighted by Crippen LogP contribution is 2.43. The molecule has 1 aromatic carbocycles. The van der Waals surface area contributed by atoms with Crippen LogP contribution in [0, 0.1) is 0 Å². The van der Waals surface area contributed by atoms with Crippen LogP contribution in [0.15, 0.2) is 18.2 Å². The molecule has 2 heterocycles. The van der Waals surface area contributed by atoms with Gasteiger partial charge in [0.25, 0.3) is 0 Å². The standard InChI is InChI=1S/C11H10F2O4/c12-11(13)16-8-2-1-7(5-9(8)17-11)10(14)3-4-15-6-10/h1-2,5,14H,3-4,6H2. The maximum absolute atomic E-state index is 12.8. The second-order valence-electron chi connectivity index (χ2n) is 4.16. The van der Waals surface area contributed by atoms with Gasteiger partial charge >= 0.3 is 6.29 Å². The van der Waals surface area contributed by atoms with Crippen LogP contribution < -0.4 is 9.47 Å². The van der Waals surface area contributed by atoms with Gasteiger partial charge in [-0.1, -0.05) is 6.07 Å². The molecule has 0 radical (unpaired) electrons. The molecule has 17 heavy (non-hydrogen) atoms. The van der Waals surface area contributed by atoms with Crippen LogP contribution in [0.2, 0.25) is 0 Å². The van der Waals surface area contributed by atoms with Gasteiger partial charge in [0, 0.05) is 13.0 Å². The van der Waals surface area contributed by atoms with Crippen LogP contribution in [0.1, 0.15) is 12.0 Å². The molecule has 92 valence electrons. The van der Waals surface area contributed by atoms with Crippen LogP contribution in [0.3, 0.4) is 0 Å². The lowest BCUT2D eigenvalue weighted by Crippen LogP contribution is -2.26. The smallest absolute Gasteiger partial charge is 0.395 e. The quantitative estimate of drug-likeness (QED) is 0.815. The van der Waals surface area contributed by atoms with Crippen molar-refractivity contribution in [2.24, 2.45) is 0 Å². The number of rotatable bonds is 1. The lowest BCUT2D eigenvalue weighted by Gasteiger charge is -2.20. The van der Waals surface area contributed by atoms with Gasteiger partial charge in [-0.25, -0.2) is 0 Å². The van der Waals surface area contributed by atoms with E-state index in [1.165, 1.54) is 18.2 Å². The minimum atomic E-state index is -3.63. The largest absolute Gasteiger partial charge is 0.586 e. The molecule has 0 bridgehead atoms. The van der Waals surface area contributed by atoms with Gasteiger partial charge in [0.15, 0.2) is 11.5 Å². The van der Waals surface area contributed by atoms with Crippen molar-refractivity contribution < 1.29 is 28.1 Å². The highest BCUT2D eigenvalue weighted by molar-refractivity contribution is 5.46. The van der Waals surface area contributed by atoms with Gasteiger partial charge in [-0.05, 0) is 17.7 Å². The first kappa shape index (κ1) is 10.7. The molecular weight excluding hydrogens is 234 g/mol. The number of fused-ring (bicyclic) bond motifs is 1. The molecule has 1 aromatic rings. The summed E-state index contributed by atoms with van der Waals surface area (Å²) < 4.78 is 39.3. The summed E-state index contributed by atoms with van der Waals surface area (Å²) in [7, 11) is 0. The van der Waals surface area contributed by atoms with Crippen LogP contribution in [-0.2, 0) is 10.3 Å². The van der Waals surface area contributed by atoms with Crippen molar-refractivity contribution >= 4 is 0 Å². The predicted octanol–water partition coefficient (Wildman–Crippen LogP) is 1.62. The van der Waals surface area contributed by atoms with Gasteiger partial charge in [-0.15, -0.1) is 8.78 Å². The third-order valence-electron chi connectivity index (χ3n) is 2.94. The summed E-state index contributed by atoms with van der Waals surface area (Å²) >= 11 is 0. The molecule has 3 rings (SSSR count). The van der Waals surface area contributed by atoms with Gasteiger partial charge in [0.2, 0.25) is 0 Å². The number of hydrogen-bond donors (Lipinski definition) is 1. The lowest BCUT2D eigenvalue weighted by molar-refractivity contribution is -0.286. The van der Waals surface area contributed by atoms with Crippen LogP contribution in [0.4, 0.5) is 8.78 Å². The van der Waals surface area contributed by atoms with E-state index >= 15 is 0 Å². The number of ether oxygens (including phenoxy) is 3. The molecule has 0 aliphatic carbocycles. The molecule has 2 aliphatic rings. The Bertz CT molecular complexity index is 455. The number of hydrogen-bond acceptors (Lipinski definition) is 4. The number of halogens is 2. The fraction of sp³-hybridized carbons (Fsp3) is 0.455. The second-order valence-corrected chi connectivity index (χ2v) is 4.16. The highest BCUT2D eigenvalue weighted by Gasteiger charge is 2.44. The normalized spacial score (nSPS) is 29.6. The number of aliphatic hydroxyl groups is 1. The van der Waals surface area contributed by atoms with Crippen LogP contribution in [0.5, 0.6) is 11.5 Å². The monoisotopic (exact) mass is 244 g/mol. The molecule has 0 saturated carbocycles. The maximum Gasteiger partial charge on any atom is 0.586 e. The molecular formula is C11H10F2O4. The van der Waals surface area contributed by atoms with Crippen LogP contribution in [0.25, 0.3) is 0 Å². The summed E-state index contributed by atoms with van der Waals surface area (Å²) in [5, 5.41) is 10.2. The van der Waals surface area contributed by atoms with Crippen LogP contribution in [-0.4, -0.2) is 24.6 Å². The van der Waals surface area contributed by atoms with Crippen molar-refractivity contribution in [1.82, 2.24) is 0 Å². The van der Waals surface area contributed by atoms with E-state index < -0.39 is 11.9 Å². The molecule has 0 amide bonds. The Hall–Kier alpha value is -1.40. The number of alkyl halides is 2. The Kier molecular flexibility index (Phi) is 2.08. The van der Waals surface area contributed by atoms with Crippen molar-refractivity contribution in [3.8, 4) is 11.5 Å². The Labute approximate surface area is 95.7 Å². The van der Waals surface area contributed by atoms with E-state index in [0.717, 1.165) is 0 Å². The molecule has 0 aromatic heterocycles. The van der Waals surface area contributed by atoms with Crippen molar-refractivity contribution in [2.75, 3.05) is 13.2 Å². The zero-order valence-corrected chi connectivity index (χ0v) is 8.78. The maximum atomic E-state index is 12.8. The van der Waals surface area contributed by atoms with Gasteiger partial charge < -0.3 is 19.3 Å². The topological polar surface area (TPSA) is 47.9 Å². The predicted molar refractivity (Wildman–Crippen MR) is 52.0 cm³/mol. The van der Waals surface area contributed by atoms with Gasteiger partial charge in [-0.3, -0.25) is 0 Å². The Morgan fingerprint density at radius 1 is 1.18 bits per heavy atom. The minimum absolute atomic E-state index is 0.0266. The second kappa shape index (κ2) is 3.30. The van der Waals surface area contributed by atoms with Crippen molar-refractivity contribution in [3.63, 3.8) is 0 Å². The third-order valence-corrected chi connectivity index (χ3v) is 2.94. The molecule has 1 N–H and O–H groups in total. The Morgan fingerprint density at radius 3 is 2.65 bits per heavy atom. The first-order chi connectivity index (χ1) is 7.99. The van der Waals surface area contributed by atoms with E-state index in [9.17, 15) is 13.9 Å². The first-order valence-corrected chi connectivity index (χ1v) is 5.19. The van der Waals surface area contributed by atoms with Crippen molar-refractivity contribution in [2.45, 2.75) is 18.3 Å². The summed E-state index contributed by atoms with van der Waals surface area (Å²) in [6, 6.07) is 4.27.